The van der Waals surface area contributed by atoms with Gasteiger partial charge in [0.1, 0.15) is 6.35 Å². The van der Waals surface area contributed by atoms with Crippen molar-refractivity contribution in [2.45, 2.75) is 92.1 Å². The summed E-state index contributed by atoms with van der Waals surface area (Å²) in [4.78, 5) is 0. The lowest BCUT2D eigenvalue weighted by atomic mass is 9.15. The molecular weight excluding hydrogens is 327 g/mol. The van der Waals surface area contributed by atoms with Gasteiger partial charge in [0, 0.05) is 0 Å². The Morgan fingerprint density at radius 3 is 1.59 bits per heavy atom. The largest absolute Gasteiger partial charge is 0.592 e. The summed E-state index contributed by atoms with van der Waals surface area (Å²) < 4.78 is 6.75. The van der Waals surface area contributed by atoms with E-state index in [2.05, 4.69) is 67.7 Å². The molecule has 154 valence electrons. The molecule has 0 saturated heterocycles. The molecule has 0 aromatic heterocycles. The van der Waals surface area contributed by atoms with Crippen molar-refractivity contribution >= 4 is 6.35 Å². The van der Waals surface area contributed by atoms with Crippen LogP contribution in [0.5, 0.6) is 0 Å². The molecule has 0 amide bonds. The summed E-state index contributed by atoms with van der Waals surface area (Å²) in [5, 5.41) is 0. The van der Waals surface area contributed by atoms with Gasteiger partial charge in [-0.15, -0.1) is 24.0 Å². The first-order chi connectivity index (χ1) is 12.6. The van der Waals surface area contributed by atoms with Crippen molar-refractivity contribution in [3.05, 3.63) is 12.2 Å². The SMILES string of the molecule is C/C=C/C[B-](OC)(C1C[C@@H]2C[C@H]([C@H]1C)C2(C)C)C1C[C@@H]2C[C@H]([C@H]1C)C2(C)C. The van der Waals surface area contributed by atoms with Gasteiger partial charge in [0.05, 0.1) is 0 Å². The Hall–Kier alpha value is -0.235. The molecule has 0 aliphatic heterocycles. The van der Waals surface area contributed by atoms with Gasteiger partial charge in [-0.05, 0) is 61.4 Å². The normalized spacial score (nSPS) is 49.2. The number of fused-ring (bicyclic) bond motifs is 4. The van der Waals surface area contributed by atoms with Crippen LogP contribution in [0.1, 0.15) is 74.1 Å². The molecule has 27 heavy (non-hydrogen) atoms. The fourth-order valence-electron chi connectivity index (χ4n) is 9.33. The van der Waals surface area contributed by atoms with Gasteiger partial charge in [-0.25, -0.2) is 0 Å². The second-order valence-electron chi connectivity index (χ2n) is 12.4. The Labute approximate surface area is 169 Å². The zero-order valence-electron chi connectivity index (χ0n) is 19.3. The average molecular weight is 371 g/mol. The van der Waals surface area contributed by atoms with Crippen molar-refractivity contribution in [2.75, 3.05) is 7.11 Å². The Balaban J connectivity index is 1.67. The van der Waals surface area contributed by atoms with E-state index in [9.17, 15) is 0 Å². The van der Waals surface area contributed by atoms with Crippen LogP contribution in [0.25, 0.3) is 0 Å². The molecule has 4 bridgehead atoms. The van der Waals surface area contributed by atoms with Crippen LogP contribution in [0.3, 0.4) is 0 Å². The average Bonchev–Trinajstić information content (AvgIpc) is 2.63. The van der Waals surface area contributed by atoms with Gasteiger partial charge in [-0.2, -0.15) is 0 Å². The monoisotopic (exact) mass is 371 g/mol. The molecule has 6 fully saturated rings. The molecule has 0 N–H and O–H groups in total. The van der Waals surface area contributed by atoms with Crippen molar-refractivity contribution in [3.8, 4) is 0 Å². The Morgan fingerprint density at radius 2 is 1.30 bits per heavy atom. The standard InChI is InChI=1S/C25H44BO/c1-9-10-11-26(27-8,22-14-18-12-20(16(22)2)24(18,4)5)23-15-19-13-21(17(23)3)25(19,6)7/h9-10,16-23H,11-15H2,1-8H3/q-1/b10-9+/t16-,17-,18+,19+,20-,21-,22?,23?,26?/m1/s1. The molecule has 2 unspecified atom stereocenters. The van der Waals surface area contributed by atoms with Gasteiger partial charge >= 0.3 is 0 Å². The van der Waals surface area contributed by atoms with E-state index in [1.165, 1.54) is 32.0 Å². The maximum atomic E-state index is 6.75. The summed E-state index contributed by atoms with van der Waals surface area (Å²) in [6.07, 6.45) is 10.9. The van der Waals surface area contributed by atoms with E-state index in [1.54, 1.807) is 0 Å². The highest BCUT2D eigenvalue weighted by molar-refractivity contribution is 6.77. The fourth-order valence-corrected chi connectivity index (χ4v) is 9.33. The highest BCUT2D eigenvalue weighted by Gasteiger charge is 2.63. The van der Waals surface area contributed by atoms with Crippen LogP contribution < -0.4 is 0 Å². The maximum Gasteiger partial charge on any atom is 0.123 e. The van der Waals surface area contributed by atoms with Crippen LogP contribution in [-0.4, -0.2) is 13.5 Å². The minimum atomic E-state index is -0.806. The van der Waals surface area contributed by atoms with Crippen molar-refractivity contribution in [1.82, 2.24) is 0 Å². The van der Waals surface area contributed by atoms with Crippen LogP contribution in [0.4, 0.5) is 0 Å². The molecular formula is C25H44BO-. The third kappa shape index (κ3) is 2.53. The van der Waals surface area contributed by atoms with Crippen molar-refractivity contribution in [3.63, 3.8) is 0 Å². The number of hydrogen-bond donors (Lipinski definition) is 0. The van der Waals surface area contributed by atoms with E-state index < -0.39 is 6.35 Å². The molecule has 2 heteroatoms. The van der Waals surface area contributed by atoms with Gasteiger partial charge in [0.2, 0.25) is 0 Å². The number of allylic oxidation sites excluding steroid dienone is 2. The first kappa shape index (κ1) is 20.1. The lowest BCUT2D eigenvalue weighted by Gasteiger charge is -2.72. The molecule has 0 radical (unpaired) electrons. The fraction of sp³-hybridized carbons (Fsp3) is 0.920. The third-order valence-corrected chi connectivity index (χ3v) is 11.5. The highest BCUT2D eigenvalue weighted by Crippen LogP contribution is 2.72. The maximum absolute atomic E-state index is 6.75. The predicted molar refractivity (Wildman–Crippen MR) is 118 cm³/mol. The molecule has 0 aromatic rings. The minimum absolute atomic E-state index is 0.564. The van der Waals surface area contributed by atoms with Gasteiger partial charge in [-0.1, -0.05) is 72.3 Å². The zero-order valence-corrected chi connectivity index (χ0v) is 19.3. The van der Waals surface area contributed by atoms with Crippen LogP contribution >= 0.6 is 0 Å². The summed E-state index contributed by atoms with van der Waals surface area (Å²) in [5.41, 5.74) is 1.13. The van der Waals surface area contributed by atoms with Gasteiger partial charge in [0.25, 0.3) is 0 Å². The van der Waals surface area contributed by atoms with E-state index in [0.717, 1.165) is 47.1 Å². The quantitative estimate of drug-likeness (QED) is 0.364. The van der Waals surface area contributed by atoms with E-state index in [0.29, 0.717) is 10.8 Å². The first-order valence-electron chi connectivity index (χ1n) is 11.9. The molecule has 6 rings (SSSR count). The highest BCUT2D eigenvalue weighted by atomic mass is 16.4. The number of rotatable bonds is 5. The van der Waals surface area contributed by atoms with E-state index in [4.69, 9.17) is 4.65 Å². The zero-order chi connectivity index (χ0) is 19.8. The van der Waals surface area contributed by atoms with Gasteiger partial charge < -0.3 is 4.65 Å². The summed E-state index contributed by atoms with van der Waals surface area (Å²) in [6.45, 7) is 17.5. The molecule has 0 heterocycles. The van der Waals surface area contributed by atoms with E-state index >= 15 is 0 Å². The Bertz CT molecular complexity index is 563. The molecule has 6 saturated carbocycles. The van der Waals surface area contributed by atoms with Crippen LogP contribution in [0.2, 0.25) is 18.0 Å². The number of hydrogen-bond acceptors (Lipinski definition) is 1. The van der Waals surface area contributed by atoms with E-state index in [-0.39, 0.29) is 0 Å². The lowest BCUT2D eigenvalue weighted by Crippen LogP contribution is -2.65. The summed E-state index contributed by atoms with van der Waals surface area (Å²) in [7, 11) is 2.07. The van der Waals surface area contributed by atoms with Crippen LogP contribution in [0.15, 0.2) is 12.2 Å². The van der Waals surface area contributed by atoms with Crippen LogP contribution in [0, 0.1) is 46.3 Å². The molecule has 0 spiro atoms. The second-order valence-corrected chi connectivity index (χ2v) is 12.4. The van der Waals surface area contributed by atoms with Crippen LogP contribution in [-0.2, 0) is 4.65 Å². The molecule has 1 nitrogen and oxygen atoms in total. The van der Waals surface area contributed by atoms with E-state index in [1.807, 2.05) is 0 Å². The molecule has 6 aliphatic carbocycles. The smallest absolute Gasteiger partial charge is 0.123 e. The summed E-state index contributed by atoms with van der Waals surface area (Å²) in [5.74, 6) is 6.88. The molecule has 0 aromatic carbocycles. The van der Waals surface area contributed by atoms with Crippen molar-refractivity contribution in [1.29, 1.82) is 0 Å². The van der Waals surface area contributed by atoms with Crippen molar-refractivity contribution in [2.24, 2.45) is 46.3 Å². The Morgan fingerprint density at radius 1 is 0.852 bits per heavy atom. The molecule has 8 atom stereocenters. The lowest BCUT2D eigenvalue weighted by molar-refractivity contribution is -0.113. The van der Waals surface area contributed by atoms with Gasteiger partial charge in [0.15, 0.2) is 0 Å². The first-order valence-corrected chi connectivity index (χ1v) is 11.9. The van der Waals surface area contributed by atoms with Crippen molar-refractivity contribution < 1.29 is 4.65 Å². The Kier molecular flexibility index (Phi) is 4.74. The second kappa shape index (κ2) is 6.38. The summed E-state index contributed by atoms with van der Waals surface area (Å²) >= 11 is 0. The van der Waals surface area contributed by atoms with Gasteiger partial charge in [-0.3, -0.25) is 0 Å². The minimum Gasteiger partial charge on any atom is -0.592 e. The summed E-state index contributed by atoms with van der Waals surface area (Å²) in [6, 6.07) is 0. The predicted octanol–water partition coefficient (Wildman–Crippen LogP) is 7.30. The third-order valence-electron chi connectivity index (χ3n) is 11.5. The topological polar surface area (TPSA) is 9.23 Å². The molecule has 6 aliphatic rings.